The molecular formula is C53H54N8O6. The van der Waals surface area contributed by atoms with E-state index in [-0.39, 0.29) is 53.5 Å². The molecule has 1 saturated carbocycles. The van der Waals surface area contributed by atoms with Crippen molar-refractivity contribution >= 4 is 67.4 Å². The molecular weight excluding hydrogens is 845 g/mol. The number of fused-ring (bicyclic) bond motifs is 7. The minimum atomic E-state index is -0.796. The van der Waals surface area contributed by atoms with Gasteiger partial charge in [-0.05, 0) is 83.3 Å². The van der Waals surface area contributed by atoms with Crippen molar-refractivity contribution in [3.8, 4) is 11.1 Å². The second kappa shape index (κ2) is 17.0. The predicted octanol–water partition coefficient (Wildman–Crippen LogP) is 8.77. The van der Waals surface area contributed by atoms with Crippen molar-refractivity contribution in [3.63, 3.8) is 0 Å². The number of ether oxygens (including phenoxy) is 2. The van der Waals surface area contributed by atoms with Crippen LogP contribution in [0.15, 0.2) is 103 Å². The average Bonchev–Trinajstić information content (AvgIpc) is 4.12. The Morgan fingerprint density at radius 3 is 2.01 bits per heavy atom. The monoisotopic (exact) mass is 898 g/mol. The number of rotatable bonds is 13. The molecule has 2 saturated heterocycles. The molecule has 67 heavy (non-hydrogen) atoms. The van der Waals surface area contributed by atoms with Crippen LogP contribution in [0, 0.1) is 23.7 Å². The molecule has 2 aliphatic carbocycles. The summed E-state index contributed by atoms with van der Waals surface area (Å²) in [4.78, 5) is 75.2. The smallest absolute Gasteiger partial charge is 0.407 e. The van der Waals surface area contributed by atoms with Crippen molar-refractivity contribution in [1.82, 2.24) is 40.4 Å². The third kappa shape index (κ3) is 7.76. The van der Waals surface area contributed by atoms with Crippen LogP contribution in [0.5, 0.6) is 0 Å². The molecule has 11 rings (SSSR count). The van der Waals surface area contributed by atoms with E-state index in [4.69, 9.17) is 19.4 Å². The maximum absolute atomic E-state index is 14.6. The van der Waals surface area contributed by atoms with Gasteiger partial charge in [0.25, 0.3) is 0 Å². The van der Waals surface area contributed by atoms with Gasteiger partial charge in [-0.3, -0.25) is 14.4 Å². The number of H-pyrrole nitrogens is 2. The number of benzene rings is 5. The van der Waals surface area contributed by atoms with Gasteiger partial charge in [0.1, 0.15) is 23.7 Å². The van der Waals surface area contributed by atoms with Gasteiger partial charge in [0, 0.05) is 47.9 Å². The molecule has 14 heteroatoms. The van der Waals surface area contributed by atoms with Gasteiger partial charge in [0.15, 0.2) is 0 Å². The number of nitrogens with zero attached hydrogens (tertiary/aromatic N) is 4. The number of methoxy groups -OCH3 is 2. The maximum Gasteiger partial charge on any atom is 0.407 e. The van der Waals surface area contributed by atoms with Crippen molar-refractivity contribution in [2.24, 2.45) is 23.7 Å². The summed E-state index contributed by atoms with van der Waals surface area (Å²) >= 11 is 0. The molecule has 7 atom stereocenters. The van der Waals surface area contributed by atoms with E-state index in [0.29, 0.717) is 25.4 Å². The lowest BCUT2D eigenvalue weighted by atomic mass is 9.97. The summed E-state index contributed by atoms with van der Waals surface area (Å²) in [6.45, 7) is 4.98. The molecule has 3 fully saturated rings. The highest BCUT2D eigenvalue weighted by atomic mass is 16.5. The van der Waals surface area contributed by atoms with Gasteiger partial charge >= 0.3 is 6.09 Å². The number of amides is 4. The molecule has 2 aromatic heterocycles. The number of alkyl carbamates (subject to hydrolysis) is 1. The highest BCUT2D eigenvalue weighted by molar-refractivity contribution is 6.08. The van der Waals surface area contributed by atoms with Crippen LogP contribution >= 0.6 is 0 Å². The first-order valence-corrected chi connectivity index (χ1v) is 23.5. The lowest BCUT2D eigenvalue weighted by molar-refractivity contribution is -0.138. The van der Waals surface area contributed by atoms with E-state index in [9.17, 15) is 19.2 Å². The number of nitrogens with one attached hydrogen (secondary N) is 4. The van der Waals surface area contributed by atoms with Gasteiger partial charge in [-0.2, -0.15) is 0 Å². The lowest BCUT2D eigenvalue weighted by Crippen LogP contribution is -2.50. The van der Waals surface area contributed by atoms with E-state index >= 15 is 0 Å². The topological polar surface area (TPSA) is 175 Å². The summed E-state index contributed by atoms with van der Waals surface area (Å²) in [6, 6.07) is 28.6. The first-order valence-electron chi connectivity index (χ1n) is 23.5. The highest BCUT2D eigenvalue weighted by Gasteiger charge is 2.50. The molecule has 0 spiro atoms. The Morgan fingerprint density at radius 1 is 0.776 bits per heavy atom. The molecule has 0 bridgehead atoms. The zero-order chi connectivity index (χ0) is 46.1. The minimum Gasteiger partial charge on any atom is -0.453 e. The number of aromatic amines is 2. The number of imidazole rings is 2. The normalized spacial score (nSPS) is 21.3. The summed E-state index contributed by atoms with van der Waals surface area (Å²) in [5.41, 5.74) is 7.35. The fourth-order valence-electron chi connectivity index (χ4n) is 10.5. The fourth-order valence-corrected chi connectivity index (χ4v) is 10.5. The molecule has 2 aliphatic heterocycles. The van der Waals surface area contributed by atoms with Gasteiger partial charge in [-0.25, -0.2) is 14.8 Å². The second-order valence-corrected chi connectivity index (χ2v) is 18.9. The van der Waals surface area contributed by atoms with Crippen molar-refractivity contribution < 1.29 is 28.7 Å². The lowest BCUT2D eigenvalue weighted by Gasteiger charge is -2.30. The fraction of sp³-hybridized carbons (Fsp3) is 0.358. The Labute approximate surface area is 387 Å². The molecule has 342 valence electrons. The Kier molecular flexibility index (Phi) is 10.8. The largest absolute Gasteiger partial charge is 0.453 e. The molecule has 7 aromatic rings. The molecule has 5 aromatic carbocycles. The average molecular weight is 899 g/mol. The standard InChI is InChI=1S/C53H54N8O6/c1-5-28(2)44(59-53(65)67-4)52(64)61-41-24-36(41)25-43(61)49-55-40-20-16-35-23-33(14-18-38(35)47(40)57-49)32-13-17-37-34(22-32)15-19-39-46(37)56-48(54-39)42-21-29(27-66-3)26-60(42)51(63)45(30-9-7-6-8-10-30)58-50(62)31-11-12-31/h6-10,13-20,22-24,28-29,31,36,42-45H,5,11-12,21,25-27H2,1-4H3,(H,54,56)(H,55,57)(H,58,62)(H,59,65)/t28-,29-,36+,42-,43-,44-,45+/m0/s1. The van der Waals surface area contributed by atoms with Crippen LogP contribution in [0.2, 0.25) is 0 Å². The Hall–Kier alpha value is -7.06. The number of carbonyl (C=O) groups excluding carboxylic acids is 4. The number of likely N-dealkylation sites (tertiary alicyclic amines) is 2. The zero-order valence-electron chi connectivity index (χ0n) is 38.0. The van der Waals surface area contributed by atoms with E-state index in [2.05, 4.69) is 75.2 Å². The van der Waals surface area contributed by atoms with E-state index in [1.165, 1.54) is 7.11 Å². The van der Waals surface area contributed by atoms with Crippen LogP contribution in [0.4, 0.5) is 4.79 Å². The molecule has 14 nitrogen and oxygen atoms in total. The summed E-state index contributed by atoms with van der Waals surface area (Å²) in [5.74, 6) is 1.28. The van der Waals surface area contributed by atoms with Crippen molar-refractivity contribution in [1.29, 1.82) is 0 Å². The third-order valence-electron chi connectivity index (χ3n) is 14.5. The molecule has 4 N–H and O–H groups in total. The first-order chi connectivity index (χ1) is 32.6. The van der Waals surface area contributed by atoms with Crippen LogP contribution < -0.4 is 10.6 Å². The van der Waals surface area contributed by atoms with Crippen LogP contribution in [0.1, 0.15) is 81.3 Å². The minimum absolute atomic E-state index is 0.0335. The van der Waals surface area contributed by atoms with Crippen LogP contribution in [0.3, 0.4) is 0 Å². The SMILES string of the molecule is CC[C@H](C)[C@H](NC(=O)OC)C(=O)N1C2=C[C@@H]2C[C@H]1c1nc2ccc3cc(-c4ccc5c(ccc6nc([C@@H]7C[C@H](COC)CN7C(=O)[C@H](NC(=O)C7CC7)c7ccccc7)[nH]c65)c4)ccc3c2[nH]1. The Bertz CT molecular complexity index is 3140. The van der Waals surface area contributed by atoms with Crippen LogP contribution in [-0.4, -0.2) is 87.0 Å². The number of aromatic nitrogens is 4. The van der Waals surface area contributed by atoms with E-state index in [0.717, 1.165) is 97.5 Å². The number of hydrogen-bond donors (Lipinski definition) is 4. The Morgan fingerprint density at radius 2 is 1.42 bits per heavy atom. The highest BCUT2D eigenvalue weighted by Crippen LogP contribution is 2.52. The predicted molar refractivity (Wildman–Crippen MR) is 255 cm³/mol. The van der Waals surface area contributed by atoms with Crippen LogP contribution in [-0.2, 0) is 23.9 Å². The number of carbonyl (C=O) groups is 4. The van der Waals surface area contributed by atoms with Gasteiger partial charge in [0.2, 0.25) is 17.7 Å². The van der Waals surface area contributed by atoms with Crippen molar-refractivity contribution in [3.05, 3.63) is 120 Å². The van der Waals surface area contributed by atoms with Gasteiger partial charge in [0.05, 0.1) is 47.9 Å². The van der Waals surface area contributed by atoms with Crippen molar-refractivity contribution in [2.45, 2.75) is 70.1 Å². The quantitative estimate of drug-likeness (QED) is 0.0889. The Balaban J connectivity index is 0.867. The molecule has 4 heterocycles. The summed E-state index contributed by atoms with van der Waals surface area (Å²) in [7, 11) is 2.99. The molecule has 4 aliphatic rings. The van der Waals surface area contributed by atoms with E-state index in [1.807, 2.05) is 66.1 Å². The maximum atomic E-state index is 14.6. The molecule has 4 amide bonds. The number of hydrogen-bond acceptors (Lipinski definition) is 8. The van der Waals surface area contributed by atoms with Crippen LogP contribution in [0.25, 0.3) is 54.7 Å². The van der Waals surface area contributed by atoms with Crippen molar-refractivity contribution in [2.75, 3.05) is 27.4 Å². The first kappa shape index (κ1) is 42.6. The summed E-state index contributed by atoms with van der Waals surface area (Å²) < 4.78 is 10.5. The molecule has 0 unspecified atom stereocenters. The second-order valence-electron chi connectivity index (χ2n) is 18.9. The molecule has 0 radical (unpaired) electrons. The van der Waals surface area contributed by atoms with E-state index in [1.54, 1.807) is 7.11 Å². The summed E-state index contributed by atoms with van der Waals surface area (Å²) in [5, 5.41) is 10.0. The van der Waals surface area contributed by atoms with Gasteiger partial charge in [-0.1, -0.05) is 93.1 Å². The van der Waals surface area contributed by atoms with Gasteiger partial charge in [-0.15, -0.1) is 0 Å². The number of allylic oxidation sites excluding steroid dienone is 2. The zero-order valence-corrected chi connectivity index (χ0v) is 38.0. The summed E-state index contributed by atoms with van der Waals surface area (Å²) in [6.07, 6.45) is 5.32. The van der Waals surface area contributed by atoms with E-state index < -0.39 is 18.2 Å². The third-order valence-corrected chi connectivity index (χ3v) is 14.5. The van der Waals surface area contributed by atoms with Gasteiger partial charge < -0.3 is 39.9 Å².